The van der Waals surface area contributed by atoms with Crippen LogP contribution in [0.1, 0.15) is 45.4 Å². The van der Waals surface area contributed by atoms with Crippen molar-refractivity contribution in [3.8, 4) is 0 Å². The van der Waals surface area contributed by atoms with Crippen LogP contribution in [0.25, 0.3) is 0 Å². The molecule has 17 heavy (non-hydrogen) atoms. The van der Waals surface area contributed by atoms with E-state index in [1.807, 2.05) is 0 Å². The van der Waals surface area contributed by atoms with Crippen molar-refractivity contribution in [2.75, 3.05) is 6.54 Å². The standard InChI is InChI=1S/C14H24N2O/c1-2-16-12(13(15)17)14-6-9-3-10(7-14)5-11(4-9)8-14/h9-12,16H,2-8H2,1H3,(H2,15,17). The molecule has 0 aromatic carbocycles. The summed E-state index contributed by atoms with van der Waals surface area (Å²) < 4.78 is 0. The molecule has 0 aliphatic heterocycles. The minimum absolute atomic E-state index is 0.0825. The van der Waals surface area contributed by atoms with Gasteiger partial charge in [-0.3, -0.25) is 4.79 Å². The Labute approximate surface area is 104 Å². The highest BCUT2D eigenvalue weighted by Gasteiger charge is 2.55. The number of amides is 1. The fourth-order valence-corrected chi connectivity index (χ4v) is 5.35. The minimum Gasteiger partial charge on any atom is -0.368 e. The van der Waals surface area contributed by atoms with Crippen molar-refractivity contribution < 1.29 is 4.79 Å². The Morgan fingerprint density at radius 3 is 2.06 bits per heavy atom. The zero-order valence-corrected chi connectivity index (χ0v) is 10.7. The summed E-state index contributed by atoms with van der Waals surface area (Å²) in [5.74, 6) is 2.50. The minimum atomic E-state index is -0.131. The first-order chi connectivity index (χ1) is 8.13. The number of nitrogens with one attached hydrogen (secondary N) is 1. The average molecular weight is 236 g/mol. The average Bonchev–Trinajstić information content (AvgIpc) is 2.23. The maximum absolute atomic E-state index is 11.8. The van der Waals surface area contributed by atoms with Crippen LogP contribution in [0.2, 0.25) is 0 Å². The largest absolute Gasteiger partial charge is 0.368 e. The van der Waals surface area contributed by atoms with Gasteiger partial charge in [-0.25, -0.2) is 0 Å². The van der Waals surface area contributed by atoms with Gasteiger partial charge in [-0.2, -0.15) is 0 Å². The van der Waals surface area contributed by atoms with Gasteiger partial charge in [-0.15, -0.1) is 0 Å². The summed E-state index contributed by atoms with van der Waals surface area (Å²) in [6.45, 7) is 2.91. The third-order valence-electron chi connectivity index (χ3n) is 5.39. The van der Waals surface area contributed by atoms with Crippen LogP contribution in [0.4, 0.5) is 0 Å². The van der Waals surface area contributed by atoms with E-state index in [0.717, 1.165) is 24.3 Å². The van der Waals surface area contributed by atoms with Gasteiger partial charge in [0, 0.05) is 0 Å². The Hall–Kier alpha value is -0.570. The van der Waals surface area contributed by atoms with E-state index in [0.29, 0.717) is 0 Å². The monoisotopic (exact) mass is 236 g/mol. The highest BCUT2D eigenvalue weighted by atomic mass is 16.1. The molecule has 1 amide bonds. The van der Waals surface area contributed by atoms with Gasteiger partial charge in [0.15, 0.2) is 0 Å². The molecule has 96 valence electrons. The molecule has 1 unspecified atom stereocenters. The lowest BCUT2D eigenvalue weighted by Gasteiger charge is -2.58. The third kappa shape index (κ3) is 1.79. The number of rotatable bonds is 4. The molecule has 0 spiro atoms. The molecule has 3 nitrogen and oxygen atoms in total. The molecule has 0 saturated heterocycles. The lowest BCUT2D eigenvalue weighted by Crippen LogP contribution is -2.60. The van der Waals surface area contributed by atoms with Crippen molar-refractivity contribution in [3.05, 3.63) is 0 Å². The van der Waals surface area contributed by atoms with Gasteiger partial charge in [-0.1, -0.05) is 6.92 Å². The molecular formula is C14H24N2O. The second kappa shape index (κ2) is 3.98. The number of primary amides is 1. The Bertz CT molecular complexity index is 291. The van der Waals surface area contributed by atoms with E-state index in [9.17, 15) is 4.79 Å². The van der Waals surface area contributed by atoms with E-state index in [1.165, 1.54) is 38.5 Å². The van der Waals surface area contributed by atoms with Crippen molar-refractivity contribution in [1.29, 1.82) is 0 Å². The Kier molecular flexibility index (Phi) is 2.69. The lowest BCUT2D eigenvalue weighted by molar-refractivity contribution is -0.132. The van der Waals surface area contributed by atoms with Crippen LogP contribution in [-0.4, -0.2) is 18.5 Å². The summed E-state index contributed by atoms with van der Waals surface area (Å²) in [5.41, 5.74) is 5.85. The van der Waals surface area contributed by atoms with Crippen molar-refractivity contribution in [3.63, 3.8) is 0 Å². The second-order valence-corrected chi connectivity index (χ2v) is 6.67. The molecule has 1 atom stereocenters. The van der Waals surface area contributed by atoms with Gasteiger partial charge in [0.05, 0.1) is 6.04 Å². The van der Waals surface area contributed by atoms with Gasteiger partial charge >= 0.3 is 0 Å². The number of nitrogens with two attached hydrogens (primary N) is 1. The summed E-state index contributed by atoms with van der Waals surface area (Å²) in [6.07, 6.45) is 7.95. The van der Waals surface area contributed by atoms with Gasteiger partial charge < -0.3 is 11.1 Å². The van der Waals surface area contributed by atoms with Crippen molar-refractivity contribution in [1.82, 2.24) is 5.32 Å². The first kappa shape index (κ1) is 11.5. The molecule has 0 aromatic rings. The normalized spacial score (nSPS) is 44.9. The number of carbonyl (C=O) groups excluding carboxylic acids is 1. The van der Waals surface area contributed by atoms with E-state index >= 15 is 0 Å². The fourth-order valence-electron chi connectivity index (χ4n) is 5.35. The maximum Gasteiger partial charge on any atom is 0.235 e. The topological polar surface area (TPSA) is 55.1 Å². The maximum atomic E-state index is 11.8. The summed E-state index contributed by atoms with van der Waals surface area (Å²) in [7, 11) is 0. The molecule has 0 radical (unpaired) electrons. The molecule has 4 fully saturated rings. The zero-order chi connectivity index (χ0) is 12.0. The molecule has 4 aliphatic rings. The van der Waals surface area contributed by atoms with E-state index < -0.39 is 0 Å². The van der Waals surface area contributed by atoms with E-state index in [2.05, 4.69) is 12.2 Å². The van der Waals surface area contributed by atoms with Crippen molar-refractivity contribution >= 4 is 5.91 Å². The van der Waals surface area contributed by atoms with E-state index in [-0.39, 0.29) is 17.4 Å². The molecule has 3 N–H and O–H groups in total. The SMILES string of the molecule is CCNC(C(N)=O)C12CC3CC(CC(C3)C1)C2. The van der Waals surface area contributed by atoms with Crippen LogP contribution in [0.15, 0.2) is 0 Å². The Morgan fingerprint density at radius 2 is 1.71 bits per heavy atom. The summed E-state index contributed by atoms with van der Waals surface area (Å²) in [6, 6.07) is -0.0825. The lowest BCUT2D eigenvalue weighted by atomic mass is 9.47. The number of likely N-dealkylation sites (N-methyl/N-ethyl adjacent to an activating group) is 1. The van der Waals surface area contributed by atoms with Gasteiger partial charge in [-0.05, 0) is 68.2 Å². The summed E-state index contributed by atoms with van der Waals surface area (Å²) in [5, 5.41) is 3.36. The van der Waals surface area contributed by atoms with E-state index in [4.69, 9.17) is 5.73 Å². The predicted molar refractivity (Wildman–Crippen MR) is 67.3 cm³/mol. The van der Waals surface area contributed by atoms with Crippen LogP contribution in [0.3, 0.4) is 0 Å². The van der Waals surface area contributed by atoms with Crippen LogP contribution >= 0.6 is 0 Å². The van der Waals surface area contributed by atoms with Crippen molar-refractivity contribution in [2.45, 2.75) is 51.5 Å². The highest BCUT2D eigenvalue weighted by molar-refractivity contribution is 5.81. The van der Waals surface area contributed by atoms with Gasteiger partial charge in [0.25, 0.3) is 0 Å². The molecule has 4 saturated carbocycles. The second-order valence-electron chi connectivity index (χ2n) is 6.67. The highest BCUT2D eigenvalue weighted by Crippen LogP contribution is 2.61. The predicted octanol–water partition coefficient (Wildman–Crippen LogP) is 1.67. The smallest absolute Gasteiger partial charge is 0.235 e. The van der Waals surface area contributed by atoms with Crippen LogP contribution in [0, 0.1) is 23.2 Å². The molecule has 4 rings (SSSR count). The molecule has 4 aliphatic carbocycles. The van der Waals surface area contributed by atoms with E-state index in [1.54, 1.807) is 0 Å². The molecular weight excluding hydrogens is 212 g/mol. The van der Waals surface area contributed by atoms with Gasteiger partial charge in [0.1, 0.15) is 0 Å². The fraction of sp³-hybridized carbons (Fsp3) is 0.929. The van der Waals surface area contributed by atoms with Crippen LogP contribution < -0.4 is 11.1 Å². The molecule has 4 bridgehead atoms. The van der Waals surface area contributed by atoms with Crippen LogP contribution in [0.5, 0.6) is 0 Å². The number of hydrogen-bond acceptors (Lipinski definition) is 2. The molecule has 3 heteroatoms. The molecule has 0 heterocycles. The zero-order valence-electron chi connectivity index (χ0n) is 10.7. The Balaban J connectivity index is 1.87. The van der Waals surface area contributed by atoms with Crippen molar-refractivity contribution in [2.24, 2.45) is 28.9 Å². The Morgan fingerprint density at radius 1 is 1.24 bits per heavy atom. The molecule has 0 aromatic heterocycles. The van der Waals surface area contributed by atoms with Gasteiger partial charge in [0.2, 0.25) is 5.91 Å². The quantitative estimate of drug-likeness (QED) is 0.780. The number of carbonyl (C=O) groups is 1. The summed E-state index contributed by atoms with van der Waals surface area (Å²) >= 11 is 0. The first-order valence-corrected chi connectivity index (χ1v) is 7.15. The van der Waals surface area contributed by atoms with Crippen LogP contribution in [-0.2, 0) is 4.79 Å². The third-order valence-corrected chi connectivity index (χ3v) is 5.39. The first-order valence-electron chi connectivity index (χ1n) is 7.15. The summed E-state index contributed by atoms with van der Waals surface area (Å²) in [4.78, 5) is 11.8. The number of hydrogen-bond donors (Lipinski definition) is 2.